The molecule has 1 unspecified atom stereocenters. The highest BCUT2D eigenvalue weighted by molar-refractivity contribution is 6.33. The molecule has 112 valence electrons. The van der Waals surface area contributed by atoms with Crippen molar-refractivity contribution in [1.82, 2.24) is 5.32 Å². The number of aliphatic hydroxyl groups is 1. The van der Waals surface area contributed by atoms with Crippen LogP contribution in [0.25, 0.3) is 0 Å². The molecule has 2 amide bonds. The largest absolute Gasteiger partial charge is 0.466 e. The van der Waals surface area contributed by atoms with E-state index in [0.717, 1.165) is 5.56 Å². The Kier molecular flexibility index (Phi) is 4.55. The highest BCUT2D eigenvalue weighted by atomic mass is 35.5. The van der Waals surface area contributed by atoms with Crippen molar-refractivity contribution in [2.75, 3.05) is 11.9 Å². The van der Waals surface area contributed by atoms with Gasteiger partial charge in [-0.1, -0.05) is 17.7 Å². The molecule has 6 heteroatoms. The molecule has 1 heterocycles. The number of carbonyl (C=O) groups excluding carboxylic acids is 1. The number of hydrogen-bond donors (Lipinski definition) is 3. The van der Waals surface area contributed by atoms with Crippen molar-refractivity contribution in [2.45, 2.75) is 19.4 Å². The Balaban J connectivity index is 1.93. The normalized spacial score (nSPS) is 13.5. The van der Waals surface area contributed by atoms with Crippen LogP contribution in [0.15, 0.2) is 41.0 Å². The summed E-state index contributed by atoms with van der Waals surface area (Å²) in [5, 5.41) is 15.9. The van der Waals surface area contributed by atoms with Crippen molar-refractivity contribution in [3.05, 3.63) is 52.9 Å². The maximum Gasteiger partial charge on any atom is 0.319 e. The fourth-order valence-corrected chi connectivity index (χ4v) is 2.09. The molecule has 0 radical (unpaired) electrons. The molecular formula is C15H17ClN2O3. The number of rotatable bonds is 4. The number of furan rings is 1. The van der Waals surface area contributed by atoms with E-state index in [2.05, 4.69) is 10.6 Å². The van der Waals surface area contributed by atoms with E-state index < -0.39 is 11.6 Å². The zero-order valence-electron chi connectivity index (χ0n) is 11.8. The molecule has 0 spiro atoms. The fraction of sp³-hybridized carbons (Fsp3) is 0.267. The van der Waals surface area contributed by atoms with Gasteiger partial charge in [-0.05, 0) is 43.7 Å². The third-order valence-electron chi connectivity index (χ3n) is 3.02. The quantitative estimate of drug-likeness (QED) is 0.811. The summed E-state index contributed by atoms with van der Waals surface area (Å²) in [6.07, 6.45) is 1.47. The first-order valence-electron chi connectivity index (χ1n) is 6.46. The van der Waals surface area contributed by atoms with Crippen LogP contribution in [0.1, 0.15) is 18.2 Å². The van der Waals surface area contributed by atoms with Gasteiger partial charge in [0.25, 0.3) is 0 Å². The minimum Gasteiger partial charge on any atom is -0.466 e. The summed E-state index contributed by atoms with van der Waals surface area (Å²) < 4.78 is 5.14. The van der Waals surface area contributed by atoms with Crippen molar-refractivity contribution in [1.29, 1.82) is 0 Å². The molecule has 0 saturated heterocycles. The molecular weight excluding hydrogens is 292 g/mol. The maximum absolute atomic E-state index is 11.8. The van der Waals surface area contributed by atoms with E-state index >= 15 is 0 Å². The van der Waals surface area contributed by atoms with Crippen molar-refractivity contribution in [3.63, 3.8) is 0 Å². The minimum absolute atomic E-state index is 0.00975. The number of nitrogens with one attached hydrogen (secondary N) is 2. The Morgan fingerprint density at radius 1 is 1.43 bits per heavy atom. The lowest BCUT2D eigenvalue weighted by molar-refractivity contribution is 0.0372. The SMILES string of the molecule is Cc1ccc(NC(=O)NCC(C)(O)c2ccco2)c(Cl)c1. The van der Waals surface area contributed by atoms with Gasteiger partial charge in [0.1, 0.15) is 11.4 Å². The molecule has 1 aromatic heterocycles. The van der Waals surface area contributed by atoms with Gasteiger partial charge < -0.3 is 20.2 Å². The molecule has 1 atom stereocenters. The van der Waals surface area contributed by atoms with E-state index in [9.17, 15) is 9.90 Å². The summed E-state index contributed by atoms with van der Waals surface area (Å²) in [6.45, 7) is 3.48. The lowest BCUT2D eigenvalue weighted by Crippen LogP contribution is -2.40. The van der Waals surface area contributed by atoms with Gasteiger partial charge in [0, 0.05) is 0 Å². The second-order valence-electron chi connectivity index (χ2n) is 5.04. The van der Waals surface area contributed by atoms with Gasteiger partial charge in [0.05, 0.1) is 23.5 Å². The summed E-state index contributed by atoms with van der Waals surface area (Å²) in [4.78, 5) is 11.8. The summed E-state index contributed by atoms with van der Waals surface area (Å²) in [7, 11) is 0. The van der Waals surface area contributed by atoms with Crippen LogP contribution >= 0.6 is 11.6 Å². The van der Waals surface area contributed by atoms with Gasteiger partial charge in [0.15, 0.2) is 0 Å². The third-order valence-corrected chi connectivity index (χ3v) is 3.33. The van der Waals surface area contributed by atoms with Gasteiger partial charge in [-0.3, -0.25) is 0 Å². The summed E-state index contributed by atoms with van der Waals surface area (Å²) >= 11 is 6.04. The highest BCUT2D eigenvalue weighted by Gasteiger charge is 2.26. The van der Waals surface area contributed by atoms with Crippen LogP contribution < -0.4 is 10.6 Å². The van der Waals surface area contributed by atoms with Gasteiger partial charge in [-0.15, -0.1) is 0 Å². The molecule has 3 N–H and O–H groups in total. The maximum atomic E-state index is 11.8. The van der Waals surface area contributed by atoms with Crippen molar-refractivity contribution in [3.8, 4) is 0 Å². The summed E-state index contributed by atoms with van der Waals surface area (Å²) in [6, 6.07) is 8.21. The Labute approximate surface area is 127 Å². The van der Waals surface area contributed by atoms with Crippen molar-refractivity contribution in [2.24, 2.45) is 0 Å². The van der Waals surface area contributed by atoms with Crippen LogP contribution in [0.3, 0.4) is 0 Å². The zero-order valence-corrected chi connectivity index (χ0v) is 12.6. The van der Waals surface area contributed by atoms with E-state index in [0.29, 0.717) is 16.5 Å². The van der Waals surface area contributed by atoms with Gasteiger partial charge in [-0.25, -0.2) is 4.79 Å². The molecule has 5 nitrogen and oxygen atoms in total. The molecule has 0 bridgehead atoms. The monoisotopic (exact) mass is 308 g/mol. The number of hydrogen-bond acceptors (Lipinski definition) is 3. The van der Waals surface area contributed by atoms with Crippen molar-refractivity contribution >= 4 is 23.3 Å². The predicted molar refractivity (Wildman–Crippen MR) is 81.5 cm³/mol. The van der Waals surface area contributed by atoms with Crippen molar-refractivity contribution < 1.29 is 14.3 Å². The van der Waals surface area contributed by atoms with E-state index in [1.54, 1.807) is 31.2 Å². The Morgan fingerprint density at radius 3 is 2.81 bits per heavy atom. The van der Waals surface area contributed by atoms with Crippen LogP contribution in [-0.2, 0) is 5.60 Å². The Bertz CT molecular complexity index is 624. The smallest absolute Gasteiger partial charge is 0.319 e. The molecule has 21 heavy (non-hydrogen) atoms. The number of carbonyl (C=O) groups is 1. The molecule has 1 aromatic carbocycles. The lowest BCUT2D eigenvalue weighted by atomic mass is 10.0. The molecule has 2 rings (SSSR count). The van der Waals surface area contributed by atoms with Gasteiger partial charge in [0.2, 0.25) is 0 Å². The second-order valence-corrected chi connectivity index (χ2v) is 5.45. The summed E-state index contributed by atoms with van der Waals surface area (Å²) in [5.74, 6) is 0.385. The summed E-state index contributed by atoms with van der Waals surface area (Å²) in [5.41, 5.74) is 0.238. The number of aryl methyl sites for hydroxylation is 1. The lowest BCUT2D eigenvalue weighted by Gasteiger charge is -2.21. The molecule has 0 aliphatic carbocycles. The van der Waals surface area contributed by atoms with Crippen LogP contribution in [-0.4, -0.2) is 17.7 Å². The number of benzene rings is 1. The number of urea groups is 1. The standard InChI is InChI=1S/C15H17ClN2O3/c1-10-5-6-12(11(16)8-10)18-14(19)17-9-15(2,20)13-4-3-7-21-13/h3-8,20H,9H2,1-2H3,(H2,17,18,19). The molecule has 0 saturated carbocycles. The molecule has 0 aliphatic rings. The fourth-order valence-electron chi connectivity index (χ4n) is 1.81. The highest BCUT2D eigenvalue weighted by Crippen LogP contribution is 2.23. The van der Waals surface area contributed by atoms with Gasteiger partial charge in [-0.2, -0.15) is 0 Å². The predicted octanol–water partition coefficient (Wildman–Crippen LogP) is 3.27. The molecule has 2 aromatic rings. The minimum atomic E-state index is -1.28. The van der Waals surface area contributed by atoms with Crippen LogP contribution in [0.5, 0.6) is 0 Å². The molecule has 0 aliphatic heterocycles. The van der Waals surface area contributed by atoms with E-state index in [1.165, 1.54) is 6.26 Å². The van der Waals surface area contributed by atoms with Gasteiger partial charge >= 0.3 is 6.03 Å². The van der Waals surface area contributed by atoms with E-state index in [4.69, 9.17) is 16.0 Å². The second kappa shape index (κ2) is 6.20. The average molecular weight is 309 g/mol. The number of halogens is 1. The van der Waals surface area contributed by atoms with E-state index in [-0.39, 0.29) is 6.54 Å². The van der Waals surface area contributed by atoms with Crippen LogP contribution in [0, 0.1) is 6.92 Å². The number of anilines is 1. The first kappa shape index (κ1) is 15.4. The topological polar surface area (TPSA) is 74.5 Å². The average Bonchev–Trinajstić information content (AvgIpc) is 2.95. The molecule has 0 fully saturated rings. The number of amides is 2. The third kappa shape index (κ3) is 4.00. The first-order chi connectivity index (χ1) is 9.88. The zero-order chi connectivity index (χ0) is 15.5. The van der Waals surface area contributed by atoms with E-state index in [1.807, 2.05) is 13.0 Å². The Morgan fingerprint density at radius 2 is 2.19 bits per heavy atom. The van der Waals surface area contributed by atoms with Crippen LogP contribution in [0.4, 0.5) is 10.5 Å². The first-order valence-corrected chi connectivity index (χ1v) is 6.83. The van der Waals surface area contributed by atoms with Crippen LogP contribution in [0.2, 0.25) is 5.02 Å². The Hall–Kier alpha value is -1.98.